The van der Waals surface area contributed by atoms with E-state index in [0.717, 1.165) is 50.3 Å². The molecule has 0 aliphatic carbocycles. The molecule has 1 atom stereocenters. The molecule has 1 amide bonds. The maximum Gasteiger partial charge on any atom is 0.273 e. The van der Waals surface area contributed by atoms with Gasteiger partial charge < -0.3 is 15.0 Å². The minimum atomic E-state index is -0.0387. The van der Waals surface area contributed by atoms with Crippen LogP contribution < -0.4 is 5.32 Å². The van der Waals surface area contributed by atoms with E-state index in [0.29, 0.717) is 36.3 Å². The zero-order chi connectivity index (χ0) is 22.5. The Morgan fingerprint density at radius 1 is 1.28 bits per heavy atom. The molecule has 2 saturated heterocycles. The van der Waals surface area contributed by atoms with Gasteiger partial charge in [0.25, 0.3) is 5.91 Å². The van der Waals surface area contributed by atoms with Crippen molar-refractivity contribution in [2.75, 3.05) is 45.2 Å². The first-order chi connectivity index (χ1) is 15.6. The van der Waals surface area contributed by atoms with Crippen LogP contribution in [0.3, 0.4) is 0 Å². The average molecular weight is 456 g/mol. The number of nitriles is 1. The lowest BCUT2D eigenvalue weighted by Gasteiger charge is -2.30. The number of nitrogens with zero attached hydrogens (tertiary/aromatic N) is 6. The van der Waals surface area contributed by atoms with Crippen LogP contribution in [0.15, 0.2) is 11.4 Å². The van der Waals surface area contributed by atoms with E-state index < -0.39 is 0 Å². The van der Waals surface area contributed by atoms with Crippen LogP contribution in [-0.4, -0.2) is 76.6 Å². The van der Waals surface area contributed by atoms with E-state index in [-0.39, 0.29) is 17.9 Å². The molecule has 10 heteroatoms. The monoisotopic (exact) mass is 455 g/mol. The summed E-state index contributed by atoms with van der Waals surface area (Å²) in [6.45, 7) is 5.51. The number of anilines is 2. The SMILES string of the molecule is COC1CCN(C(=O)c2csc(Nc3cc(C)nc(C4CCCN(CC#N)C4)n3)n2)CC1. The summed E-state index contributed by atoms with van der Waals surface area (Å²) in [5.41, 5.74) is 1.34. The third-order valence-electron chi connectivity index (χ3n) is 6.06. The molecule has 1 unspecified atom stereocenters. The summed E-state index contributed by atoms with van der Waals surface area (Å²) in [5.74, 6) is 1.65. The first-order valence-electron chi connectivity index (χ1n) is 11.0. The normalized spacial score (nSPS) is 20.2. The van der Waals surface area contributed by atoms with Gasteiger partial charge in [-0.25, -0.2) is 15.0 Å². The van der Waals surface area contributed by atoms with Crippen molar-refractivity contribution in [1.29, 1.82) is 5.26 Å². The number of likely N-dealkylation sites (tertiary alicyclic amines) is 2. The Hall–Kier alpha value is -2.61. The predicted molar refractivity (Wildman–Crippen MR) is 122 cm³/mol. The molecule has 2 aromatic rings. The summed E-state index contributed by atoms with van der Waals surface area (Å²) in [4.78, 5) is 30.7. The number of amides is 1. The van der Waals surface area contributed by atoms with E-state index in [1.54, 1.807) is 12.5 Å². The maximum absolute atomic E-state index is 12.8. The molecule has 0 saturated carbocycles. The van der Waals surface area contributed by atoms with Gasteiger partial charge >= 0.3 is 0 Å². The fourth-order valence-corrected chi connectivity index (χ4v) is 5.03. The zero-order valence-corrected chi connectivity index (χ0v) is 19.4. The summed E-state index contributed by atoms with van der Waals surface area (Å²) in [6.07, 6.45) is 3.99. The Morgan fingerprint density at radius 2 is 2.09 bits per heavy atom. The van der Waals surface area contributed by atoms with Crippen molar-refractivity contribution in [2.45, 2.75) is 44.6 Å². The first kappa shape index (κ1) is 22.6. The van der Waals surface area contributed by atoms with Crippen molar-refractivity contribution in [3.63, 3.8) is 0 Å². The summed E-state index contributed by atoms with van der Waals surface area (Å²) in [7, 11) is 1.72. The van der Waals surface area contributed by atoms with Crippen LogP contribution >= 0.6 is 11.3 Å². The third-order valence-corrected chi connectivity index (χ3v) is 6.82. The van der Waals surface area contributed by atoms with Crippen LogP contribution in [0, 0.1) is 18.3 Å². The number of aryl methyl sites for hydroxylation is 1. The van der Waals surface area contributed by atoms with E-state index in [9.17, 15) is 4.79 Å². The molecular weight excluding hydrogens is 426 g/mol. The molecule has 0 bridgehead atoms. The Labute approximate surface area is 192 Å². The van der Waals surface area contributed by atoms with Gasteiger partial charge in [0.2, 0.25) is 0 Å². The van der Waals surface area contributed by atoms with E-state index in [2.05, 4.69) is 26.3 Å². The molecule has 9 nitrogen and oxygen atoms in total. The Balaban J connectivity index is 1.42. The molecule has 1 N–H and O–H groups in total. The summed E-state index contributed by atoms with van der Waals surface area (Å²) < 4.78 is 5.39. The van der Waals surface area contributed by atoms with Gasteiger partial charge in [-0.2, -0.15) is 5.26 Å². The second-order valence-electron chi connectivity index (χ2n) is 8.38. The van der Waals surface area contributed by atoms with Crippen molar-refractivity contribution in [2.24, 2.45) is 0 Å². The highest BCUT2D eigenvalue weighted by Gasteiger charge is 2.26. The molecule has 4 heterocycles. The highest BCUT2D eigenvalue weighted by molar-refractivity contribution is 7.14. The quantitative estimate of drug-likeness (QED) is 0.663. The second kappa shape index (κ2) is 10.3. The molecular formula is C22H29N7O2S. The lowest BCUT2D eigenvalue weighted by molar-refractivity contribution is 0.0348. The lowest BCUT2D eigenvalue weighted by atomic mass is 9.97. The number of ether oxygens (including phenoxy) is 1. The number of carbonyl (C=O) groups is 1. The summed E-state index contributed by atoms with van der Waals surface area (Å²) in [5, 5.41) is 14.7. The molecule has 2 aromatic heterocycles. The van der Waals surface area contributed by atoms with Crippen LogP contribution in [0.2, 0.25) is 0 Å². The minimum Gasteiger partial charge on any atom is -0.381 e. The fourth-order valence-electron chi connectivity index (χ4n) is 4.34. The van der Waals surface area contributed by atoms with Gasteiger partial charge in [0.05, 0.1) is 18.7 Å². The standard InChI is InChI=1S/C22H29N7O2S/c1-15-12-19(26-20(24-15)16-4-3-8-28(13-16)11-7-23)27-22-25-18(14-32-22)21(30)29-9-5-17(31-2)6-10-29/h12,14,16-17H,3-6,8-11,13H2,1-2H3,(H,24,25,26,27). The number of hydrogen-bond donors (Lipinski definition) is 1. The molecule has 0 aromatic carbocycles. The Morgan fingerprint density at radius 3 is 2.84 bits per heavy atom. The number of nitrogens with one attached hydrogen (secondary N) is 1. The van der Waals surface area contributed by atoms with Gasteiger partial charge in [0.1, 0.15) is 17.3 Å². The van der Waals surface area contributed by atoms with Gasteiger partial charge in [-0.3, -0.25) is 9.69 Å². The molecule has 0 spiro atoms. The molecule has 170 valence electrons. The van der Waals surface area contributed by atoms with Crippen LogP contribution in [-0.2, 0) is 4.74 Å². The highest BCUT2D eigenvalue weighted by Crippen LogP contribution is 2.27. The topological polar surface area (TPSA) is 107 Å². The van der Waals surface area contributed by atoms with E-state index in [1.165, 1.54) is 11.3 Å². The van der Waals surface area contributed by atoms with Crippen LogP contribution in [0.1, 0.15) is 53.6 Å². The molecule has 2 aliphatic heterocycles. The van der Waals surface area contributed by atoms with Crippen LogP contribution in [0.4, 0.5) is 10.9 Å². The second-order valence-corrected chi connectivity index (χ2v) is 9.23. The number of aromatic nitrogens is 3. The summed E-state index contributed by atoms with van der Waals surface area (Å²) in [6, 6.07) is 4.12. The minimum absolute atomic E-state index is 0.0387. The lowest BCUT2D eigenvalue weighted by Crippen LogP contribution is -2.40. The van der Waals surface area contributed by atoms with E-state index in [1.807, 2.05) is 17.9 Å². The summed E-state index contributed by atoms with van der Waals surface area (Å²) >= 11 is 1.40. The maximum atomic E-state index is 12.8. The Bertz CT molecular complexity index is 981. The van der Waals surface area contributed by atoms with Gasteiger partial charge in [0, 0.05) is 49.8 Å². The molecule has 0 radical (unpaired) electrons. The number of piperidine rings is 2. The van der Waals surface area contributed by atoms with Crippen molar-refractivity contribution in [3.05, 3.63) is 28.7 Å². The number of methoxy groups -OCH3 is 1. The number of rotatable bonds is 6. The van der Waals surface area contributed by atoms with Crippen molar-refractivity contribution in [3.8, 4) is 6.07 Å². The average Bonchev–Trinajstić information content (AvgIpc) is 3.27. The smallest absolute Gasteiger partial charge is 0.273 e. The largest absolute Gasteiger partial charge is 0.381 e. The van der Waals surface area contributed by atoms with E-state index >= 15 is 0 Å². The molecule has 2 fully saturated rings. The predicted octanol–water partition coefficient (Wildman–Crippen LogP) is 2.94. The number of hydrogen-bond acceptors (Lipinski definition) is 9. The van der Waals surface area contributed by atoms with Crippen molar-refractivity contribution >= 4 is 28.2 Å². The highest BCUT2D eigenvalue weighted by atomic mass is 32.1. The van der Waals surface area contributed by atoms with Crippen molar-refractivity contribution in [1.82, 2.24) is 24.8 Å². The third kappa shape index (κ3) is 5.41. The molecule has 4 rings (SSSR count). The van der Waals surface area contributed by atoms with E-state index in [4.69, 9.17) is 15.0 Å². The van der Waals surface area contributed by atoms with Crippen molar-refractivity contribution < 1.29 is 9.53 Å². The number of thiazole rings is 1. The molecule has 2 aliphatic rings. The Kier molecular flexibility index (Phi) is 7.29. The molecule has 32 heavy (non-hydrogen) atoms. The first-order valence-corrected chi connectivity index (χ1v) is 11.9. The van der Waals surface area contributed by atoms with Crippen LogP contribution in [0.5, 0.6) is 0 Å². The van der Waals surface area contributed by atoms with Gasteiger partial charge in [-0.1, -0.05) is 0 Å². The van der Waals surface area contributed by atoms with Gasteiger partial charge in [0.15, 0.2) is 5.13 Å². The fraction of sp³-hybridized carbons (Fsp3) is 0.591. The zero-order valence-electron chi connectivity index (χ0n) is 18.6. The van der Waals surface area contributed by atoms with Crippen LogP contribution in [0.25, 0.3) is 0 Å². The van der Waals surface area contributed by atoms with Gasteiger partial charge in [-0.05, 0) is 39.2 Å². The van der Waals surface area contributed by atoms with Gasteiger partial charge in [-0.15, -0.1) is 11.3 Å². The number of carbonyl (C=O) groups excluding carboxylic acids is 1.